The van der Waals surface area contributed by atoms with Crippen molar-refractivity contribution in [1.82, 2.24) is 0 Å². The number of furan rings is 1. The molecule has 0 atom stereocenters. The fourth-order valence-electron chi connectivity index (χ4n) is 18.0. The SMILES string of the molecule is Cc1cc2c(cc1N1c3cc(C(C)(C)C)ccc3B3c4oc5cc6c(cc5c4N(c4ccc5c(c4)C(C)(C)CCC5(C)C)c4cc(C57CC8CC(CC(C8)C5)C7)cc1c43)C(C)(C)CCC6(C)C)C(C)(C)CCC2(C)C. The average molecular weight is 995 g/mol. The van der Waals surface area contributed by atoms with Crippen LogP contribution in [0.4, 0.5) is 34.1 Å². The van der Waals surface area contributed by atoms with Gasteiger partial charge >= 0.3 is 0 Å². The quantitative estimate of drug-likeness (QED) is 0.165. The van der Waals surface area contributed by atoms with E-state index in [1.165, 1.54) is 172 Å². The van der Waals surface area contributed by atoms with Gasteiger partial charge in [-0.1, -0.05) is 128 Å². The maximum absolute atomic E-state index is 7.82. The van der Waals surface area contributed by atoms with Crippen LogP contribution in [-0.2, 0) is 43.3 Å². The van der Waals surface area contributed by atoms with Crippen molar-refractivity contribution in [3.8, 4) is 0 Å². The Bertz CT molecular complexity index is 3420. The lowest BCUT2D eigenvalue weighted by Gasteiger charge is -2.57. The maximum Gasteiger partial charge on any atom is 0.297 e. The van der Waals surface area contributed by atoms with Gasteiger partial charge in [-0.2, -0.15) is 0 Å². The summed E-state index contributed by atoms with van der Waals surface area (Å²) in [4.78, 5) is 5.59. The van der Waals surface area contributed by atoms with E-state index >= 15 is 0 Å². The Morgan fingerprint density at radius 3 is 1.55 bits per heavy atom. The van der Waals surface area contributed by atoms with Crippen LogP contribution in [0.3, 0.4) is 0 Å². The van der Waals surface area contributed by atoms with Gasteiger partial charge in [-0.3, -0.25) is 0 Å². The molecule has 0 unspecified atom stereocenters. The minimum absolute atomic E-state index is 0.0363. The van der Waals surface area contributed by atoms with Crippen molar-refractivity contribution in [2.45, 2.75) is 231 Å². The molecule has 4 bridgehead atoms. The zero-order valence-corrected chi connectivity index (χ0v) is 49.0. The van der Waals surface area contributed by atoms with Gasteiger partial charge in [0.2, 0.25) is 0 Å². The van der Waals surface area contributed by atoms with Gasteiger partial charge in [-0.25, -0.2) is 0 Å². The summed E-state index contributed by atoms with van der Waals surface area (Å²) in [6, 6.07) is 31.3. The first-order valence-corrected chi connectivity index (χ1v) is 29.9. The summed E-state index contributed by atoms with van der Waals surface area (Å²) in [6.45, 7) is 39.4. The number of nitrogens with zero attached hydrogens (tertiary/aromatic N) is 2. The highest BCUT2D eigenvalue weighted by Crippen LogP contribution is 2.63. The van der Waals surface area contributed by atoms with E-state index in [-0.39, 0.29) is 50.0 Å². The van der Waals surface area contributed by atoms with E-state index in [1.54, 1.807) is 5.56 Å². The third kappa shape index (κ3) is 6.90. The monoisotopic (exact) mass is 995 g/mol. The number of rotatable bonds is 3. The predicted octanol–water partition coefficient (Wildman–Crippen LogP) is 17.6. The third-order valence-corrected chi connectivity index (χ3v) is 22.7. The number of anilines is 6. The zero-order chi connectivity index (χ0) is 52.7. The summed E-state index contributed by atoms with van der Waals surface area (Å²) in [5.74, 6) is 2.50. The van der Waals surface area contributed by atoms with E-state index in [1.807, 2.05) is 0 Å². The van der Waals surface area contributed by atoms with Crippen molar-refractivity contribution >= 4 is 68.4 Å². The van der Waals surface area contributed by atoms with Crippen molar-refractivity contribution in [1.29, 1.82) is 0 Å². The standard InChI is InChI=1S/C71H87BN2O/c1-41-27-50-53(69(13,14)25-23-66(50,7)8)36-56(41)74-57-31-45(64(2,3)4)17-20-55(57)72-61-58(32-46(33-59(61)74)71-38-42-28-43(39-71)30-44(29-42)40-71)73(47-18-19-49-51(34-47)67(9,10)22-21-65(49,5)6)62-48-35-52-54(37-60(48)75-63(62)72)70(15,16)26-24-68(52,11)12/h17-20,27,31-37,42-44H,21-26,28-30,38-40H2,1-16H3. The Kier molecular flexibility index (Phi) is 9.80. The van der Waals surface area contributed by atoms with E-state index < -0.39 is 0 Å². The van der Waals surface area contributed by atoms with Crippen LogP contribution in [0.15, 0.2) is 77.2 Å². The van der Waals surface area contributed by atoms with Crippen molar-refractivity contribution in [2.24, 2.45) is 17.8 Å². The molecule has 4 saturated carbocycles. The summed E-state index contributed by atoms with van der Waals surface area (Å²) in [6.07, 6.45) is 15.4. The molecule has 0 saturated heterocycles. The number of benzene rings is 5. The van der Waals surface area contributed by atoms with Crippen molar-refractivity contribution in [3.63, 3.8) is 0 Å². The molecule has 3 nitrogen and oxygen atoms in total. The molecule has 1 aromatic heterocycles. The molecule has 15 rings (SSSR count). The molecule has 3 heterocycles. The van der Waals surface area contributed by atoms with Gasteiger partial charge in [-0.05, 0) is 255 Å². The van der Waals surface area contributed by atoms with Gasteiger partial charge in [0.05, 0.1) is 11.3 Å². The molecule has 75 heavy (non-hydrogen) atoms. The minimum Gasteiger partial charge on any atom is -0.468 e. The van der Waals surface area contributed by atoms with E-state index in [0.29, 0.717) is 0 Å². The van der Waals surface area contributed by atoms with Crippen molar-refractivity contribution in [2.75, 3.05) is 9.80 Å². The normalized spacial score (nSPS) is 27.3. The van der Waals surface area contributed by atoms with Crippen LogP contribution in [0.2, 0.25) is 0 Å². The summed E-state index contributed by atoms with van der Waals surface area (Å²) in [7, 11) is 0. The lowest BCUT2D eigenvalue weighted by molar-refractivity contribution is -0.00514. The molecule has 0 amide bonds. The molecule has 6 aromatic rings. The molecule has 0 N–H and O–H groups in total. The Labute approximate surface area is 452 Å². The van der Waals surface area contributed by atoms with Crippen LogP contribution in [0.1, 0.15) is 231 Å². The molecule has 2 aliphatic heterocycles. The Morgan fingerprint density at radius 1 is 0.493 bits per heavy atom. The first kappa shape index (κ1) is 48.7. The topological polar surface area (TPSA) is 19.6 Å². The third-order valence-electron chi connectivity index (χ3n) is 22.7. The minimum atomic E-state index is -0.0845. The van der Waals surface area contributed by atoms with E-state index in [2.05, 4.69) is 193 Å². The van der Waals surface area contributed by atoms with Gasteiger partial charge in [0, 0.05) is 33.8 Å². The van der Waals surface area contributed by atoms with E-state index in [4.69, 9.17) is 4.42 Å². The second-order valence-corrected chi connectivity index (χ2v) is 31.7. The highest BCUT2D eigenvalue weighted by molar-refractivity contribution is 7.00. The van der Waals surface area contributed by atoms with Crippen LogP contribution in [0, 0.1) is 24.7 Å². The maximum atomic E-state index is 7.82. The molecular formula is C71H87BN2O. The van der Waals surface area contributed by atoms with Crippen molar-refractivity contribution in [3.05, 3.63) is 123 Å². The van der Waals surface area contributed by atoms with E-state index in [9.17, 15) is 0 Å². The van der Waals surface area contributed by atoms with Crippen LogP contribution in [-0.4, -0.2) is 6.71 Å². The van der Waals surface area contributed by atoms with Gasteiger partial charge < -0.3 is 14.2 Å². The van der Waals surface area contributed by atoms with Crippen LogP contribution in [0.5, 0.6) is 0 Å². The first-order valence-electron chi connectivity index (χ1n) is 29.9. The fourth-order valence-corrected chi connectivity index (χ4v) is 18.0. The average Bonchev–Trinajstić information content (AvgIpc) is 3.77. The van der Waals surface area contributed by atoms with Gasteiger partial charge in [0.1, 0.15) is 5.58 Å². The predicted molar refractivity (Wildman–Crippen MR) is 319 cm³/mol. The molecular weight excluding hydrogens is 908 g/mol. The van der Waals surface area contributed by atoms with Gasteiger partial charge in [0.25, 0.3) is 6.71 Å². The lowest BCUT2D eigenvalue weighted by Crippen LogP contribution is -2.61. The summed E-state index contributed by atoms with van der Waals surface area (Å²) >= 11 is 0. The highest BCUT2D eigenvalue weighted by atomic mass is 16.3. The molecule has 9 aliphatic rings. The molecule has 4 heteroatoms. The second-order valence-electron chi connectivity index (χ2n) is 31.7. The molecule has 7 aliphatic carbocycles. The Hall–Kier alpha value is -4.70. The fraction of sp³-hybridized carbons (Fsp3) is 0.549. The number of hydrogen-bond donors (Lipinski definition) is 0. The number of aryl methyl sites for hydroxylation is 1. The van der Waals surface area contributed by atoms with Crippen LogP contribution in [0.25, 0.3) is 11.0 Å². The number of hydrogen-bond acceptors (Lipinski definition) is 3. The smallest absolute Gasteiger partial charge is 0.297 e. The molecule has 5 aromatic carbocycles. The molecule has 0 spiro atoms. The summed E-state index contributed by atoms with van der Waals surface area (Å²) < 4.78 is 7.82. The molecule has 0 radical (unpaired) electrons. The van der Waals surface area contributed by atoms with Crippen LogP contribution < -0.4 is 26.4 Å². The zero-order valence-electron chi connectivity index (χ0n) is 49.0. The Morgan fingerprint density at radius 2 is 0.987 bits per heavy atom. The largest absolute Gasteiger partial charge is 0.468 e. The van der Waals surface area contributed by atoms with Crippen LogP contribution >= 0.6 is 0 Å². The van der Waals surface area contributed by atoms with Gasteiger partial charge in [0.15, 0.2) is 0 Å². The molecule has 4 fully saturated rings. The van der Waals surface area contributed by atoms with Crippen molar-refractivity contribution < 1.29 is 4.42 Å². The van der Waals surface area contributed by atoms with E-state index in [0.717, 1.165) is 29.0 Å². The summed E-state index contributed by atoms with van der Waals surface area (Å²) in [5.41, 5.74) is 26.8. The molecule has 390 valence electrons. The summed E-state index contributed by atoms with van der Waals surface area (Å²) in [5, 5.41) is 1.27. The second kappa shape index (κ2) is 15.1. The Balaban J connectivity index is 1.13. The van der Waals surface area contributed by atoms with Gasteiger partial charge in [-0.15, -0.1) is 0 Å². The first-order chi connectivity index (χ1) is 35.1. The number of fused-ring (bicyclic) bond motifs is 9. The highest BCUT2D eigenvalue weighted by Gasteiger charge is 2.55. The lowest BCUT2D eigenvalue weighted by atomic mass is 9.35.